The number of fused-ring (bicyclic) bond motifs is 1. The summed E-state index contributed by atoms with van der Waals surface area (Å²) in [5.41, 5.74) is 9.84. The first-order valence-electron chi connectivity index (χ1n) is 16.3. The molecule has 2 aliphatic heterocycles. The lowest BCUT2D eigenvalue weighted by Gasteiger charge is -2.37. The van der Waals surface area contributed by atoms with E-state index in [4.69, 9.17) is 34.4 Å². The fraction of sp³-hybridized carbons (Fsp3) is 0.514. The lowest BCUT2D eigenvalue weighted by molar-refractivity contribution is -0.235. The number of methoxy groups -OCH3 is 2. The maximum atomic E-state index is 13.9. The molecule has 0 radical (unpaired) electrons. The average molecular weight is 716 g/mol. The van der Waals surface area contributed by atoms with E-state index in [0.717, 1.165) is 47.7 Å². The largest absolute Gasteiger partial charge is 0.448 e. The van der Waals surface area contributed by atoms with Crippen LogP contribution in [0.4, 0.5) is 5.82 Å². The van der Waals surface area contributed by atoms with Crippen molar-refractivity contribution in [2.45, 2.75) is 82.3 Å². The van der Waals surface area contributed by atoms with E-state index in [1.807, 2.05) is 56.2 Å². The number of aromatic amines is 1. The summed E-state index contributed by atoms with van der Waals surface area (Å²) in [6, 6.07) is 7.82. The number of anilines is 1. The average Bonchev–Trinajstić information content (AvgIpc) is 3.46. The number of aromatic nitrogens is 2. The van der Waals surface area contributed by atoms with Gasteiger partial charge >= 0.3 is 0 Å². The molecule has 1 amide bonds. The molecule has 4 heterocycles. The fourth-order valence-corrected chi connectivity index (χ4v) is 7.52. The zero-order valence-corrected chi connectivity index (χ0v) is 30.4. The van der Waals surface area contributed by atoms with Crippen LogP contribution in [-0.2, 0) is 20.8 Å². The maximum Gasteiger partial charge on any atom is 0.254 e. The first-order chi connectivity index (χ1) is 23.0. The minimum Gasteiger partial charge on any atom is -0.448 e. The van der Waals surface area contributed by atoms with Crippen LogP contribution >= 0.6 is 24.2 Å². The van der Waals surface area contributed by atoms with Gasteiger partial charge < -0.3 is 44.6 Å². The molecule has 0 spiro atoms. The van der Waals surface area contributed by atoms with Crippen LogP contribution in [0.1, 0.15) is 59.8 Å². The van der Waals surface area contributed by atoms with Crippen LogP contribution in [0.3, 0.4) is 0 Å². The SMILES string of the molecule is CO[C@H]1CN(c2ccc(-c3cc(C(=O)NCc4c(SC)cc(C)[nH]c4=O)c(C)c4c3OC(C)(C3CCC(N)CC3)O4)cn2)C[C@@H](OC)O1.Cl. The monoisotopic (exact) mass is 715 g/mol. The molecule has 1 unspecified atom stereocenters. The standard InChI is InChI=1S/C35H45N5O7S.ClH/c1-19-13-27(48-6)26(34(42)39-19)16-38-33(41)24-14-25(21-7-12-28(37-15-21)40-17-29(43-4)45-30(18-40)44-5)32-31(20(24)2)46-35(3,47-32)22-8-10-23(36)11-9-22;/h7,12-15,22-23,29-30H,8-11,16-18,36H2,1-6H3,(H,38,41)(H,39,42);1H/t22?,23?,29-,30+,35?;. The van der Waals surface area contributed by atoms with Crippen molar-refractivity contribution in [1.82, 2.24) is 15.3 Å². The molecular formula is C35H46ClN5O7S. The van der Waals surface area contributed by atoms with Gasteiger partial charge in [-0.25, -0.2) is 4.98 Å². The molecule has 1 saturated heterocycles. The van der Waals surface area contributed by atoms with Crippen LogP contribution in [0.5, 0.6) is 11.5 Å². The normalized spacial score (nSPS) is 24.8. The third-order valence-corrected chi connectivity index (χ3v) is 10.5. The highest BCUT2D eigenvalue weighted by molar-refractivity contribution is 7.98. The molecule has 1 aliphatic carbocycles. The number of hydrogen-bond acceptors (Lipinski definition) is 11. The van der Waals surface area contributed by atoms with E-state index in [1.165, 1.54) is 11.8 Å². The van der Waals surface area contributed by atoms with Crippen molar-refractivity contribution in [3.63, 3.8) is 0 Å². The number of nitrogens with zero attached hydrogens (tertiary/aromatic N) is 2. The van der Waals surface area contributed by atoms with Crippen LogP contribution in [0.25, 0.3) is 11.1 Å². The molecule has 12 nitrogen and oxygen atoms in total. The van der Waals surface area contributed by atoms with Crippen molar-refractivity contribution in [1.29, 1.82) is 0 Å². The predicted molar refractivity (Wildman–Crippen MR) is 191 cm³/mol. The van der Waals surface area contributed by atoms with E-state index in [0.29, 0.717) is 46.8 Å². The van der Waals surface area contributed by atoms with Gasteiger partial charge in [0.15, 0.2) is 24.1 Å². The van der Waals surface area contributed by atoms with Crippen molar-refractivity contribution in [3.8, 4) is 22.6 Å². The quantitative estimate of drug-likeness (QED) is 0.259. The highest BCUT2D eigenvalue weighted by Crippen LogP contribution is 2.52. The molecule has 4 N–H and O–H groups in total. The van der Waals surface area contributed by atoms with E-state index in [2.05, 4.69) is 10.3 Å². The number of aryl methyl sites for hydroxylation is 1. The summed E-state index contributed by atoms with van der Waals surface area (Å²) < 4.78 is 30.1. The third-order valence-electron chi connectivity index (χ3n) is 9.68. The van der Waals surface area contributed by atoms with Gasteiger partial charge in [-0.05, 0) is 70.1 Å². The van der Waals surface area contributed by atoms with E-state index in [9.17, 15) is 9.59 Å². The van der Waals surface area contributed by atoms with Crippen LogP contribution in [0, 0.1) is 19.8 Å². The Kier molecular flexibility index (Phi) is 11.5. The Morgan fingerprint density at radius 2 is 1.78 bits per heavy atom. The van der Waals surface area contributed by atoms with Gasteiger partial charge in [0.2, 0.25) is 0 Å². The van der Waals surface area contributed by atoms with Crippen LogP contribution in [0.2, 0.25) is 0 Å². The van der Waals surface area contributed by atoms with Gasteiger partial charge in [-0.3, -0.25) is 9.59 Å². The van der Waals surface area contributed by atoms with Gasteiger partial charge in [-0.15, -0.1) is 24.2 Å². The number of hydrogen-bond donors (Lipinski definition) is 3. The Morgan fingerprint density at radius 1 is 1.10 bits per heavy atom. The van der Waals surface area contributed by atoms with Crippen LogP contribution in [0.15, 0.2) is 40.2 Å². The molecule has 49 heavy (non-hydrogen) atoms. The smallest absolute Gasteiger partial charge is 0.254 e. The summed E-state index contributed by atoms with van der Waals surface area (Å²) in [5.74, 6) is 0.763. The molecule has 3 atom stereocenters. The second-order valence-corrected chi connectivity index (χ2v) is 13.7. The van der Waals surface area contributed by atoms with Gasteiger partial charge in [0, 0.05) is 84.3 Å². The highest BCUT2D eigenvalue weighted by atomic mass is 35.5. The highest BCUT2D eigenvalue weighted by Gasteiger charge is 2.47. The lowest BCUT2D eigenvalue weighted by Crippen LogP contribution is -2.49. The summed E-state index contributed by atoms with van der Waals surface area (Å²) >= 11 is 1.47. The maximum absolute atomic E-state index is 13.9. The number of H-pyrrole nitrogens is 1. The number of rotatable bonds is 9. The first kappa shape index (κ1) is 36.9. The van der Waals surface area contributed by atoms with Crippen molar-refractivity contribution >= 4 is 35.9 Å². The summed E-state index contributed by atoms with van der Waals surface area (Å²) in [4.78, 5) is 37.2. The molecule has 2 fully saturated rings. The Hall–Kier alpha value is -3.33. The van der Waals surface area contributed by atoms with Gasteiger partial charge in [0.1, 0.15) is 5.82 Å². The molecule has 0 bridgehead atoms. The number of benzene rings is 1. The molecular weight excluding hydrogens is 670 g/mol. The minimum absolute atomic E-state index is 0. The van der Waals surface area contributed by atoms with Crippen LogP contribution in [-0.4, -0.2) is 73.8 Å². The van der Waals surface area contributed by atoms with Crippen molar-refractivity contribution < 1.29 is 28.5 Å². The molecule has 6 rings (SSSR count). The number of carbonyl (C=O) groups is 1. The second kappa shape index (κ2) is 15.3. The van der Waals surface area contributed by atoms with Crippen molar-refractivity contribution in [2.24, 2.45) is 11.7 Å². The third kappa shape index (κ3) is 7.57. The lowest BCUT2D eigenvalue weighted by atomic mass is 9.81. The van der Waals surface area contributed by atoms with E-state index in [-0.39, 0.29) is 42.4 Å². The first-order valence-corrected chi connectivity index (χ1v) is 17.5. The molecule has 2 aromatic heterocycles. The van der Waals surface area contributed by atoms with Crippen molar-refractivity contribution in [2.75, 3.05) is 38.5 Å². The summed E-state index contributed by atoms with van der Waals surface area (Å²) in [6.07, 6.45) is 6.36. The van der Waals surface area contributed by atoms with E-state index in [1.54, 1.807) is 20.4 Å². The molecule has 1 aromatic carbocycles. The van der Waals surface area contributed by atoms with E-state index < -0.39 is 18.4 Å². The number of morpholine rings is 1. The molecule has 1 saturated carbocycles. The topological polar surface area (TPSA) is 150 Å². The number of amides is 1. The zero-order valence-electron chi connectivity index (χ0n) is 28.8. The number of ether oxygens (including phenoxy) is 5. The van der Waals surface area contributed by atoms with Gasteiger partial charge in [-0.1, -0.05) is 0 Å². The Bertz CT molecular complexity index is 1700. The number of nitrogens with one attached hydrogen (secondary N) is 2. The predicted octanol–water partition coefficient (Wildman–Crippen LogP) is 4.91. The number of nitrogens with two attached hydrogens (primary N) is 1. The van der Waals surface area contributed by atoms with Crippen LogP contribution < -0.4 is 31.0 Å². The number of pyridine rings is 2. The van der Waals surface area contributed by atoms with Gasteiger partial charge in [0.05, 0.1) is 13.1 Å². The van der Waals surface area contributed by atoms with E-state index >= 15 is 0 Å². The van der Waals surface area contributed by atoms with Crippen molar-refractivity contribution in [3.05, 3.63) is 63.2 Å². The summed E-state index contributed by atoms with van der Waals surface area (Å²) in [5, 5.41) is 2.98. The molecule has 266 valence electrons. The zero-order chi connectivity index (χ0) is 34.2. The molecule has 14 heteroatoms. The summed E-state index contributed by atoms with van der Waals surface area (Å²) in [7, 11) is 3.20. The number of halogens is 1. The van der Waals surface area contributed by atoms with Gasteiger partial charge in [0.25, 0.3) is 17.3 Å². The number of carbonyl (C=O) groups excluding carboxylic acids is 1. The minimum atomic E-state index is -0.912. The van der Waals surface area contributed by atoms with Gasteiger partial charge in [-0.2, -0.15) is 0 Å². The molecule has 3 aliphatic rings. The summed E-state index contributed by atoms with van der Waals surface area (Å²) in [6.45, 7) is 6.75. The molecule has 3 aromatic rings. The number of thioether (sulfide) groups is 1. The Labute approximate surface area is 297 Å². The second-order valence-electron chi connectivity index (χ2n) is 12.9. The Morgan fingerprint density at radius 3 is 2.39 bits per heavy atom. The fourth-order valence-electron chi connectivity index (χ4n) is 6.81. The Balaban J connectivity index is 0.00000468.